The Hall–Kier alpha value is -2.76. The lowest BCUT2D eigenvalue weighted by molar-refractivity contribution is 0.0316. The van der Waals surface area contributed by atoms with Gasteiger partial charge in [0.15, 0.2) is 11.9 Å². The van der Waals surface area contributed by atoms with Crippen LogP contribution in [0.1, 0.15) is 56.3 Å². The van der Waals surface area contributed by atoms with E-state index < -0.39 is 12.1 Å². The molecule has 0 bridgehead atoms. The summed E-state index contributed by atoms with van der Waals surface area (Å²) in [6.45, 7) is 6.37. The highest BCUT2D eigenvalue weighted by Gasteiger charge is 2.26. The maximum atomic E-state index is 12.5. The fourth-order valence-electron chi connectivity index (χ4n) is 2.49. The van der Waals surface area contributed by atoms with Gasteiger partial charge in [0, 0.05) is 23.7 Å². The molecule has 6 heteroatoms. The topological polar surface area (TPSA) is 89.1 Å². The summed E-state index contributed by atoms with van der Waals surface area (Å²) in [5.74, 6) is -1.11. The van der Waals surface area contributed by atoms with Gasteiger partial charge >= 0.3 is 5.97 Å². The van der Waals surface area contributed by atoms with Gasteiger partial charge in [0.1, 0.15) is 0 Å². The third-order valence-corrected chi connectivity index (χ3v) is 3.59. The molecule has 0 saturated carbocycles. The van der Waals surface area contributed by atoms with Crippen LogP contribution in [0.15, 0.2) is 24.5 Å². The quantitative estimate of drug-likeness (QED) is 0.677. The number of Topliss-reactive ketones (excluding diaryl/α,β-unsaturated/α-hetero) is 2. The van der Waals surface area contributed by atoms with Gasteiger partial charge in [-0.25, -0.2) is 4.79 Å². The molecule has 1 unspecified atom stereocenters. The second-order valence-electron chi connectivity index (χ2n) is 5.33. The number of nitrogens with one attached hydrogen (secondary N) is 1. The number of nitrogens with zero attached hydrogens (tertiary/aromatic N) is 1. The van der Waals surface area contributed by atoms with Gasteiger partial charge in [-0.3, -0.25) is 14.6 Å². The Morgan fingerprint density at radius 3 is 2.48 bits per heavy atom. The lowest BCUT2D eigenvalue weighted by atomic mass is 10.0. The monoisotopic (exact) mass is 314 g/mol. The van der Waals surface area contributed by atoms with Crippen LogP contribution in [0.4, 0.5) is 0 Å². The fraction of sp³-hybridized carbons (Fsp3) is 0.294. The summed E-state index contributed by atoms with van der Waals surface area (Å²) in [4.78, 5) is 42.8. The predicted molar refractivity (Wildman–Crippen MR) is 83.7 cm³/mol. The molecule has 0 aromatic carbocycles. The van der Waals surface area contributed by atoms with Gasteiger partial charge in [-0.05, 0) is 45.4 Å². The number of rotatable bonds is 5. The van der Waals surface area contributed by atoms with Crippen molar-refractivity contribution in [2.24, 2.45) is 0 Å². The number of H-pyrrole nitrogens is 1. The number of esters is 1. The number of aromatic amines is 1. The molecular weight excluding hydrogens is 296 g/mol. The molecule has 6 nitrogen and oxygen atoms in total. The Balaban J connectivity index is 2.19. The SMILES string of the molecule is CC(=O)c1c(C)[nH]c(C(=O)C(C)OC(=O)c2cccnc2)c1C. The first-order chi connectivity index (χ1) is 10.8. The summed E-state index contributed by atoms with van der Waals surface area (Å²) in [7, 11) is 0. The Morgan fingerprint density at radius 1 is 1.26 bits per heavy atom. The van der Waals surface area contributed by atoms with Crippen LogP contribution in [0, 0.1) is 13.8 Å². The molecule has 2 aromatic heterocycles. The molecule has 2 aromatic rings. The molecule has 2 rings (SSSR count). The summed E-state index contributed by atoms with van der Waals surface area (Å²) in [6.07, 6.45) is 1.94. The second-order valence-corrected chi connectivity index (χ2v) is 5.33. The third-order valence-electron chi connectivity index (χ3n) is 3.59. The van der Waals surface area contributed by atoms with E-state index in [-0.39, 0.29) is 17.1 Å². The molecule has 0 aliphatic rings. The maximum absolute atomic E-state index is 12.5. The number of carbonyl (C=O) groups is 3. The van der Waals surface area contributed by atoms with Gasteiger partial charge in [0.25, 0.3) is 0 Å². The normalized spacial score (nSPS) is 11.8. The molecule has 0 spiro atoms. The van der Waals surface area contributed by atoms with E-state index in [1.807, 2.05) is 0 Å². The van der Waals surface area contributed by atoms with Crippen LogP contribution in [0.25, 0.3) is 0 Å². The minimum atomic E-state index is -0.973. The highest BCUT2D eigenvalue weighted by Crippen LogP contribution is 2.20. The summed E-state index contributed by atoms with van der Waals surface area (Å²) >= 11 is 0. The Kier molecular flexibility index (Phi) is 4.74. The number of carbonyl (C=O) groups excluding carboxylic acids is 3. The lowest BCUT2D eigenvalue weighted by Gasteiger charge is -2.12. The van der Waals surface area contributed by atoms with Crippen LogP contribution in [0.3, 0.4) is 0 Å². The molecular formula is C17H18N2O4. The third kappa shape index (κ3) is 3.36. The predicted octanol–water partition coefficient (Wildman–Crippen LogP) is 2.66. The summed E-state index contributed by atoms with van der Waals surface area (Å²) in [5, 5.41) is 0. The fourth-order valence-corrected chi connectivity index (χ4v) is 2.49. The molecule has 1 atom stereocenters. The molecule has 0 saturated heterocycles. The Morgan fingerprint density at radius 2 is 1.96 bits per heavy atom. The van der Waals surface area contributed by atoms with Crippen molar-refractivity contribution in [1.82, 2.24) is 9.97 Å². The zero-order valence-electron chi connectivity index (χ0n) is 13.5. The summed E-state index contributed by atoms with van der Waals surface area (Å²) in [6, 6.07) is 3.17. The second kappa shape index (κ2) is 6.56. The molecule has 1 N–H and O–H groups in total. The maximum Gasteiger partial charge on any atom is 0.340 e. The van der Waals surface area contributed by atoms with Gasteiger partial charge in [-0.15, -0.1) is 0 Å². The molecule has 0 amide bonds. The van der Waals surface area contributed by atoms with Crippen molar-refractivity contribution in [3.63, 3.8) is 0 Å². The van der Waals surface area contributed by atoms with E-state index in [1.165, 1.54) is 20.0 Å². The number of ketones is 2. The first kappa shape index (κ1) is 16.6. The number of pyridine rings is 1. The molecule has 2 heterocycles. The van der Waals surface area contributed by atoms with Crippen molar-refractivity contribution in [2.45, 2.75) is 33.8 Å². The minimum absolute atomic E-state index is 0.115. The minimum Gasteiger partial charge on any atom is -0.451 e. The van der Waals surface area contributed by atoms with Crippen LogP contribution in [0.2, 0.25) is 0 Å². The van der Waals surface area contributed by atoms with E-state index in [4.69, 9.17) is 4.74 Å². The molecule has 120 valence electrons. The number of aromatic nitrogens is 2. The van der Waals surface area contributed by atoms with E-state index in [9.17, 15) is 14.4 Å². The summed E-state index contributed by atoms with van der Waals surface area (Å²) < 4.78 is 5.18. The number of aryl methyl sites for hydroxylation is 1. The van der Waals surface area contributed by atoms with Crippen LogP contribution in [-0.2, 0) is 4.74 Å². The van der Waals surface area contributed by atoms with Gasteiger partial charge in [0.2, 0.25) is 5.78 Å². The van der Waals surface area contributed by atoms with Crippen LogP contribution in [0.5, 0.6) is 0 Å². The van der Waals surface area contributed by atoms with Crippen LogP contribution >= 0.6 is 0 Å². The van der Waals surface area contributed by atoms with Gasteiger partial charge in [-0.2, -0.15) is 0 Å². The van der Waals surface area contributed by atoms with Crippen LogP contribution in [-0.4, -0.2) is 33.6 Å². The van der Waals surface area contributed by atoms with Crippen molar-refractivity contribution in [2.75, 3.05) is 0 Å². The lowest BCUT2D eigenvalue weighted by Crippen LogP contribution is -2.25. The molecule has 0 aliphatic carbocycles. The van der Waals surface area contributed by atoms with Gasteiger partial charge in [0.05, 0.1) is 11.3 Å². The molecule has 0 aliphatic heterocycles. The zero-order valence-corrected chi connectivity index (χ0v) is 13.5. The largest absolute Gasteiger partial charge is 0.451 e. The van der Waals surface area contributed by atoms with Crippen molar-refractivity contribution < 1.29 is 19.1 Å². The zero-order chi connectivity index (χ0) is 17.1. The molecule has 0 fully saturated rings. The van der Waals surface area contributed by atoms with Gasteiger partial charge < -0.3 is 9.72 Å². The van der Waals surface area contributed by atoms with Gasteiger partial charge in [-0.1, -0.05) is 0 Å². The molecule has 0 radical (unpaired) electrons. The number of hydrogen-bond donors (Lipinski definition) is 1. The van der Waals surface area contributed by atoms with Crippen molar-refractivity contribution in [3.05, 3.63) is 52.6 Å². The van der Waals surface area contributed by atoms with Crippen LogP contribution < -0.4 is 0 Å². The van der Waals surface area contributed by atoms with E-state index in [2.05, 4.69) is 9.97 Å². The average Bonchev–Trinajstić information content (AvgIpc) is 2.82. The highest BCUT2D eigenvalue weighted by atomic mass is 16.5. The molecule has 23 heavy (non-hydrogen) atoms. The van der Waals surface area contributed by atoms with Crippen molar-refractivity contribution in [1.29, 1.82) is 0 Å². The van der Waals surface area contributed by atoms with Crippen molar-refractivity contribution >= 4 is 17.5 Å². The van der Waals surface area contributed by atoms with E-state index in [0.717, 1.165) is 0 Å². The highest BCUT2D eigenvalue weighted by molar-refractivity contribution is 6.05. The summed E-state index contributed by atoms with van der Waals surface area (Å²) in [5.41, 5.74) is 2.27. The Labute approximate surface area is 133 Å². The number of hydrogen-bond acceptors (Lipinski definition) is 5. The van der Waals surface area contributed by atoms with E-state index in [0.29, 0.717) is 22.5 Å². The van der Waals surface area contributed by atoms with E-state index >= 15 is 0 Å². The smallest absolute Gasteiger partial charge is 0.340 e. The average molecular weight is 314 g/mol. The first-order valence-electron chi connectivity index (χ1n) is 7.18. The standard InChI is InChI=1S/C17H18N2O4/c1-9-14(11(3)20)10(2)19-15(9)16(21)12(4)23-17(22)13-6-5-7-18-8-13/h5-8,12,19H,1-4H3. The number of ether oxygens (including phenoxy) is 1. The van der Waals surface area contributed by atoms with Crippen molar-refractivity contribution in [3.8, 4) is 0 Å². The first-order valence-corrected chi connectivity index (χ1v) is 7.18. The van der Waals surface area contributed by atoms with E-state index in [1.54, 1.807) is 32.2 Å². The Bertz CT molecular complexity index is 762.